The Balaban J connectivity index is 1.63. The molecule has 0 saturated carbocycles. The maximum atomic E-state index is 11.9. The van der Waals surface area contributed by atoms with Gasteiger partial charge in [-0.1, -0.05) is 0 Å². The molecule has 1 aromatic heterocycles. The first-order chi connectivity index (χ1) is 12.5. The minimum Gasteiger partial charge on any atom is -0.570 e. The fourth-order valence-electron chi connectivity index (χ4n) is 2.55. The van der Waals surface area contributed by atoms with E-state index in [-0.39, 0.29) is 5.88 Å². The summed E-state index contributed by atoms with van der Waals surface area (Å²) in [7, 11) is 0. The van der Waals surface area contributed by atoms with Crippen LogP contribution in [-0.2, 0) is 14.2 Å². The van der Waals surface area contributed by atoms with Gasteiger partial charge in [-0.15, -0.1) is 5.01 Å². The normalized spacial score (nSPS) is 33.3. The highest BCUT2D eigenvalue weighted by molar-refractivity contribution is 5.65. The number of rotatable bonds is 4. The molecule has 13 heteroatoms. The Kier molecular flexibility index (Phi) is 5.85. The number of aliphatic imine (C=N–C) groups is 1. The van der Waals surface area contributed by atoms with Crippen LogP contribution in [0.25, 0.3) is 0 Å². The van der Waals surface area contributed by atoms with Crippen LogP contribution in [0, 0.1) is 0 Å². The van der Waals surface area contributed by atoms with Gasteiger partial charge in [-0.25, -0.2) is 0 Å². The smallest absolute Gasteiger partial charge is 0.326 e. The average Bonchev–Trinajstić information content (AvgIpc) is 3.11. The van der Waals surface area contributed by atoms with Gasteiger partial charge < -0.3 is 39.7 Å². The van der Waals surface area contributed by atoms with Crippen molar-refractivity contribution in [3.8, 4) is 0 Å². The average molecular weight is 376 g/mol. The van der Waals surface area contributed by atoms with Gasteiger partial charge in [0.2, 0.25) is 5.27 Å². The Hall–Kier alpha value is -2.03. The molecular formula is C13H20N4O9. The second-order valence-corrected chi connectivity index (χ2v) is 5.72. The lowest BCUT2D eigenvalue weighted by molar-refractivity contribution is -0.759. The molecule has 13 nitrogen and oxygen atoms in total. The topological polar surface area (TPSA) is 177 Å². The number of aromatic nitrogens is 2. The molecule has 2 fully saturated rings. The molecule has 0 spiro atoms. The van der Waals surface area contributed by atoms with E-state index < -0.39 is 43.4 Å². The van der Waals surface area contributed by atoms with Crippen LogP contribution in [0.3, 0.4) is 0 Å². The Bertz CT molecular complexity index is 619. The Labute approximate surface area is 147 Å². The minimum absolute atomic E-state index is 0.147. The number of morpholine rings is 1. The lowest BCUT2D eigenvalue weighted by Crippen LogP contribution is -2.62. The Morgan fingerprint density at radius 2 is 2.04 bits per heavy atom. The summed E-state index contributed by atoms with van der Waals surface area (Å²) in [4.78, 5) is 4.91. The molecule has 2 aliphatic rings. The molecule has 2 saturated heterocycles. The van der Waals surface area contributed by atoms with E-state index in [4.69, 9.17) is 23.8 Å². The molecule has 0 aliphatic carbocycles. The summed E-state index contributed by atoms with van der Waals surface area (Å²) in [6.45, 7) is 1.60. The molecule has 0 bridgehead atoms. The van der Waals surface area contributed by atoms with Gasteiger partial charge in [0.15, 0.2) is 6.08 Å². The molecule has 26 heavy (non-hydrogen) atoms. The summed E-state index contributed by atoms with van der Waals surface area (Å²) in [6, 6.07) is 0. The fourth-order valence-corrected chi connectivity index (χ4v) is 2.55. The number of aliphatic hydroxyl groups is 4. The zero-order valence-electron chi connectivity index (χ0n) is 13.6. The van der Waals surface area contributed by atoms with Crippen molar-refractivity contribution in [2.24, 2.45) is 4.99 Å². The maximum Gasteiger partial charge on any atom is 0.326 e. The van der Waals surface area contributed by atoms with E-state index >= 15 is 0 Å². The van der Waals surface area contributed by atoms with Crippen molar-refractivity contribution in [2.75, 3.05) is 37.9 Å². The molecule has 0 aromatic carbocycles. The van der Waals surface area contributed by atoms with Crippen LogP contribution in [0.4, 0.5) is 5.88 Å². The van der Waals surface area contributed by atoms with Crippen molar-refractivity contribution < 1.29 is 49.1 Å². The maximum absolute atomic E-state index is 11.9. The van der Waals surface area contributed by atoms with Crippen molar-refractivity contribution in [1.82, 2.24) is 5.27 Å². The lowest BCUT2D eigenvalue weighted by atomic mass is 9.99. The predicted molar refractivity (Wildman–Crippen MR) is 77.4 cm³/mol. The van der Waals surface area contributed by atoms with Crippen LogP contribution in [0.5, 0.6) is 0 Å². The second kappa shape index (κ2) is 8.11. The monoisotopic (exact) mass is 376 g/mol. The van der Waals surface area contributed by atoms with Crippen molar-refractivity contribution in [2.45, 2.75) is 30.7 Å². The number of aliphatic hydroxyl groups excluding tert-OH is 4. The van der Waals surface area contributed by atoms with E-state index in [1.165, 1.54) is 11.0 Å². The zero-order valence-corrected chi connectivity index (χ0v) is 13.6. The van der Waals surface area contributed by atoms with E-state index in [0.29, 0.717) is 26.3 Å². The first-order valence-electron chi connectivity index (χ1n) is 7.94. The summed E-state index contributed by atoms with van der Waals surface area (Å²) >= 11 is 0. The summed E-state index contributed by atoms with van der Waals surface area (Å²) in [5.41, 5.74) is 0. The third-order valence-electron chi connectivity index (χ3n) is 3.99. The number of ether oxygens (including phenoxy) is 3. The van der Waals surface area contributed by atoms with Crippen LogP contribution in [0.2, 0.25) is 0 Å². The Morgan fingerprint density at radius 1 is 1.31 bits per heavy atom. The first kappa shape index (κ1) is 18.8. The van der Waals surface area contributed by atoms with Crippen LogP contribution in [0.1, 0.15) is 0 Å². The number of nitrogens with zero attached hydrogens (tertiary/aromatic N) is 4. The summed E-state index contributed by atoms with van der Waals surface area (Å²) in [5, 5.41) is 55.7. The molecule has 146 valence electrons. The van der Waals surface area contributed by atoms with Gasteiger partial charge in [-0.2, -0.15) is 4.99 Å². The van der Waals surface area contributed by atoms with Gasteiger partial charge in [0.05, 0.1) is 37.7 Å². The molecule has 0 radical (unpaired) electrons. The van der Waals surface area contributed by atoms with Crippen molar-refractivity contribution in [3.05, 3.63) is 6.20 Å². The standard InChI is InChI=1S/C13H20N4O9/c18-6-7-9(19)10(20)11(21)12(24-7)25-13(22)14-8-5-17(15-26-8)16-1-3-23-4-2-16/h5,7,9-12,18-21H,1-4,6H2/t7?,9-,10+,11?,12+/m1/s1. The van der Waals surface area contributed by atoms with E-state index in [2.05, 4.69) is 10.3 Å². The van der Waals surface area contributed by atoms with Gasteiger partial charge in [0.1, 0.15) is 30.7 Å². The third kappa shape index (κ3) is 4.03. The minimum atomic E-state index is -1.71. The highest BCUT2D eigenvalue weighted by Crippen LogP contribution is 2.22. The van der Waals surface area contributed by atoms with Crippen molar-refractivity contribution in [3.63, 3.8) is 0 Å². The quantitative estimate of drug-likeness (QED) is 0.225. The van der Waals surface area contributed by atoms with E-state index in [1.54, 1.807) is 0 Å². The van der Waals surface area contributed by atoms with E-state index in [9.17, 15) is 20.4 Å². The molecule has 3 heterocycles. The molecule has 0 amide bonds. The first-order valence-corrected chi connectivity index (χ1v) is 7.94. The van der Waals surface area contributed by atoms with Crippen LogP contribution in [0.15, 0.2) is 15.7 Å². The van der Waals surface area contributed by atoms with Crippen LogP contribution < -0.4 is 14.9 Å². The Morgan fingerprint density at radius 3 is 2.73 bits per heavy atom. The highest BCUT2D eigenvalue weighted by Gasteiger charge is 2.42. The third-order valence-corrected chi connectivity index (χ3v) is 3.99. The highest BCUT2D eigenvalue weighted by atomic mass is 16.7. The summed E-state index contributed by atoms with van der Waals surface area (Å²) in [6.07, 6.45) is -7.54. The van der Waals surface area contributed by atoms with Crippen molar-refractivity contribution >= 4 is 12.0 Å². The van der Waals surface area contributed by atoms with Gasteiger partial charge in [0, 0.05) is 0 Å². The molecule has 5 atom stereocenters. The molecule has 2 unspecified atom stereocenters. The molecule has 2 aliphatic heterocycles. The fraction of sp³-hybridized carbons (Fsp3) is 0.769. The zero-order chi connectivity index (χ0) is 18.7. The lowest BCUT2D eigenvalue weighted by Gasteiger charge is -2.42. The van der Waals surface area contributed by atoms with Crippen LogP contribution >= 0.6 is 0 Å². The molecule has 1 aromatic rings. The summed E-state index contributed by atoms with van der Waals surface area (Å²) in [5.74, 6) is -0.147. The SMILES string of the molecule is [O-]C(=Nc1c[n+](N2CCOCC2)no1)O[C@@H]1OC(CO)[C@@H](O)[C@H](O)C1O. The molecule has 4 N–H and O–H groups in total. The largest absolute Gasteiger partial charge is 0.570 e. The van der Waals surface area contributed by atoms with Gasteiger partial charge in [-0.05, 0) is 0 Å². The second-order valence-electron chi connectivity index (χ2n) is 5.72. The summed E-state index contributed by atoms with van der Waals surface area (Å²) < 4.78 is 20.0. The molecular weight excluding hydrogens is 356 g/mol. The number of hydrogen-bond acceptors (Lipinski definition) is 12. The van der Waals surface area contributed by atoms with E-state index in [1.807, 2.05) is 5.01 Å². The number of hydrogen-bond donors (Lipinski definition) is 4. The van der Waals surface area contributed by atoms with E-state index in [0.717, 1.165) is 0 Å². The van der Waals surface area contributed by atoms with Gasteiger partial charge >= 0.3 is 5.88 Å². The van der Waals surface area contributed by atoms with Gasteiger partial charge in [-0.3, -0.25) is 4.52 Å². The predicted octanol–water partition coefficient (Wildman–Crippen LogP) is -4.91. The van der Waals surface area contributed by atoms with Gasteiger partial charge in [0.25, 0.3) is 6.20 Å². The molecule has 3 rings (SSSR count). The van der Waals surface area contributed by atoms with Crippen molar-refractivity contribution in [1.29, 1.82) is 0 Å². The van der Waals surface area contributed by atoms with Crippen LogP contribution in [-0.4, -0.2) is 95.4 Å².